The third-order valence-corrected chi connectivity index (χ3v) is 3.79. The Morgan fingerprint density at radius 2 is 2.00 bits per heavy atom. The minimum atomic E-state index is -0.382. The molecule has 2 amide bonds. The maximum atomic E-state index is 12.0. The Morgan fingerprint density at radius 1 is 1.20 bits per heavy atom. The van der Waals surface area contributed by atoms with Crippen molar-refractivity contribution < 1.29 is 19.2 Å². The van der Waals surface area contributed by atoms with E-state index >= 15 is 0 Å². The summed E-state index contributed by atoms with van der Waals surface area (Å²) in [5, 5.41) is 11.7. The fourth-order valence-corrected chi connectivity index (χ4v) is 2.44. The van der Waals surface area contributed by atoms with Crippen LogP contribution >= 0.6 is 11.6 Å². The standard InChI is InChI=1S/C17H20ClN3O4/c18-13-7-5-6-12(10-13)14-11-20-17(25-14)16(23)19-9-4-2-1-3-8-15(22)21-24/h5-7,10-11,24H,1-4,8-9H2,(H,19,23)(H,21,22). The van der Waals surface area contributed by atoms with Gasteiger partial charge in [0.25, 0.3) is 5.89 Å². The van der Waals surface area contributed by atoms with E-state index < -0.39 is 0 Å². The fourth-order valence-electron chi connectivity index (χ4n) is 2.25. The van der Waals surface area contributed by atoms with E-state index in [2.05, 4.69) is 10.3 Å². The molecule has 0 aliphatic rings. The number of nitrogens with one attached hydrogen (secondary N) is 2. The van der Waals surface area contributed by atoms with E-state index in [1.807, 2.05) is 6.07 Å². The first-order chi connectivity index (χ1) is 12.1. The van der Waals surface area contributed by atoms with Crippen molar-refractivity contribution >= 4 is 23.4 Å². The van der Waals surface area contributed by atoms with Crippen molar-refractivity contribution in [1.29, 1.82) is 0 Å². The topological polar surface area (TPSA) is 104 Å². The van der Waals surface area contributed by atoms with Gasteiger partial charge < -0.3 is 9.73 Å². The Labute approximate surface area is 150 Å². The second kappa shape index (κ2) is 9.80. The average molecular weight is 366 g/mol. The minimum Gasteiger partial charge on any atom is -0.432 e. The number of oxazole rings is 1. The summed E-state index contributed by atoms with van der Waals surface area (Å²) in [5.41, 5.74) is 2.35. The largest absolute Gasteiger partial charge is 0.432 e. The number of hydrogen-bond acceptors (Lipinski definition) is 5. The zero-order valence-corrected chi connectivity index (χ0v) is 14.4. The zero-order valence-electron chi connectivity index (χ0n) is 13.6. The van der Waals surface area contributed by atoms with E-state index in [0.717, 1.165) is 24.8 Å². The summed E-state index contributed by atoms with van der Waals surface area (Å²) in [7, 11) is 0. The van der Waals surface area contributed by atoms with E-state index in [-0.39, 0.29) is 17.7 Å². The Balaban J connectivity index is 1.70. The quantitative estimate of drug-likeness (QED) is 0.359. The van der Waals surface area contributed by atoms with Crippen molar-refractivity contribution in [3.05, 3.63) is 41.4 Å². The lowest BCUT2D eigenvalue weighted by molar-refractivity contribution is -0.129. The predicted octanol–water partition coefficient (Wildman–Crippen LogP) is 3.18. The number of nitrogens with zero attached hydrogens (tertiary/aromatic N) is 1. The summed E-state index contributed by atoms with van der Waals surface area (Å²) in [6, 6.07) is 7.11. The molecule has 3 N–H and O–H groups in total. The van der Waals surface area contributed by atoms with Crippen molar-refractivity contribution in [1.82, 2.24) is 15.8 Å². The highest BCUT2D eigenvalue weighted by molar-refractivity contribution is 6.30. The molecule has 8 heteroatoms. The molecule has 0 spiro atoms. The Hall–Kier alpha value is -2.38. The molecule has 1 aromatic carbocycles. The van der Waals surface area contributed by atoms with Gasteiger partial charge in [0.15, 0.2) is 5.76 Å². The van der Waals surface area contributed by atoms with E-state index in [9.17, 15) is 9.59 Å². The normalized spacial score (nSPS) is 10.5. The maximum absolute atomic E-state index is 12.0. The lowest BCUT2D eigenvalue weighted by Gasteiger charge is -2.03. The van der Waals surface area contributed by atoms with Crippen LogP contribution in [-0.4, -0.2) is 28.6 Å². The van der Waals surface area contributed by atoms with Gasteiger partial charge in [-0.25, -0.2) is 10.5 Å². The molecule has 0 bridgehead atoms. The van der Waals surface area contributed by atoms with Crippen LogP contribution < -0.4 is 10.8 Å². The Morgan fingerprint density at radius 3 is 2.76 bits per heavy atom. The number of amides is 2. The van der Waals surface area contributed by atoms with Crippen LogP contribution in [-0.2, 0) is 4.79 Å². The van der Waals surface area contributed by atoms with Gasteiger partial charge in [0, 0.05) is 23.6 Å². The summed E-state index contributed by atoms with van der Waals surface area (Å²) >= 11 is 5.93. The van der Waals surface area contributed by atoms with Crippen LogP contribution in [0.2, 0.25) is 5.02 Å². The molecule has 1 heterocycles. The molecule has 0 saturated heterocycles. The van der Waals surface area contributed by atoms with E-state index in [1.54, 1.807) is 23.7 Å². The van der Waals surface area contributed by atoms with Gasteiger partial charge in [-0.1, -0.05) is 36.6 Å². The molecule has 0 aliphatic heterocycles. The van der Waals surface area contributed by atoms with Crippen LogP contribution in [0.25, 0.3) is 11.3 Å². The predicted molar refractivity (Wildman–Crippen MR) is 92.3 cm³/mol. The molecule has 134 valence electrons. The molecule has 25 heavy (non-hydrogen) atoms. The van der Waals surface area contributed by atoms with Crippen LogP contribution in [0.3, 0.4) is 0 Å². The number of aromatic nitrogens is 1. The van der Waals surface area contributed by atoms with Crippen molar-refractivity contribution in [2.24, 2.45) is 0 Å². The summed E-state index contributed by atoms with van der Waals surface area (Å²) in [5.74, 6) is -0.259. The van der Waals surface area contributed by atoms with Crippen molar-refractivity contribution in [3.63, 3.8) is 0 Å². The number of carbonyl (C=O) groups is 2. The molecular formula is C17H20ClN3O4. The molecule has 2 aromatic rings. The van der Waals surface area contributed by atoms with Gasteiger partial charge in [0.2, 0.25) is 5.91 Å². The first kappa shape index (κ1) is 19.0. The van der Waals surface area contributed by atoms with Crippen LogP contribution in [0.15, 0.2) is 34.9 Å². The van der Waals surface area contributed by atoms with Gasteiger partial charge >= 0.3 is 5.91 Å². The summed E-state index contributed by atoms with van der Waals surface area (Å²) < 4.78 is 5.47. The average Bonchev–Trinajstić information content (AvgIpc) is 3.10. The van der Waals surface area contributed by atoms with E-state index in [4.69, 9.17) is 21.2 Å². The summed E-state index contributed by atoms with van der Waals surface area (Å²) in [4.78, 5) is 26.8. The molecule has 2 rings (SSSR count). The van der Waals surface area contributed by atoms with Crippen molar-refractivity contribution in [3.8, 4) is 11.3 Å². The Bertz CT molecular complexity index is 717. The number of hydrogen-bond donors (Lipinski definition) is 3. The van der Waals surface area contributed by atoms with Crippen molar-refractivity contribution in [2.45, 2.75) is 32.1 Å². The van der Waals surface area contributed by atoms with Crippen LogP contribution in [0.1, 0.15) is 42.8 Å². The van der Waals surface area contributed by atoms with E-state index in [0.29, 0.717) is 30.2 Å². The molecule has 1 aromatic heterocycles. The monoisotopic (exact) mass is 365 g/mol. The minimum absolute atomic E-state index is 0.00888. The van der Waals surface area contributed by atoms with Crippen LogP contribution in [0.4, 0.5) is 0 Å². The van der Waals surface area contributed by atoms with Crippen molar-refractivity contribution in [2.75, 3.05) is 6.54 Å². The summed E-state index contributed by atoms with van der Waals surface area (Å²) in [6.45, 7) is 0.500. The number of rotatable bonds is 9. The smallest absolute Gasteiger partial charge is 0.307 e. The van der Waals surface area contributed by atoms with Gasteiger partial charge in [-0.3, -0.25) is 14.8 Å². The lowest BCUT2D eigenvalue weighted by atomic mass is 10.1. The van der Waals surface area contributed by atoms with Gasteiger partial charge in [0.05, 0.1) is 6.20 Å². The van der Waals surface area contributed by atoms with Gasteiger partial charge in [-0.05, 0) is 25.0 Å². The maximum Gasteiger partial charge on any atom is 0.307 e. The highest BCUT2D eigenvalue weighted by Gasteiger charge is 2.13. The molecule has 7 nitrogen and oxygen atoms in total. The lowest BCUT2D eigenvalue weighted by Crippen LogP contribution is -2.24. The van der Waals surface area contributed by atoms with Gasteiger partial charge in [0.1, 0.15) is 0 Å². The first-order valence-corrected chi connectivity index (χ1v) is 8.41. The molecule has 0 radical (unpaired) electrons. The third-order valence-electron chi connectivity index (χ3n) is 3.55. The number of benzene rings is 1. The Kier molecular flexibility index (Phi) is 7.43. The first-order valence-electron chi connectivity index (χ1n) is 8.03. The SMILES string of the molecule is O=C(CCCCCCNC(=O)c1ncc(-c2cccc(Cl)c2)o1)NO. The molecule has 0 fully saturated rings. The number of halogens is 1. The molecule has 0 saturated carbocycles. The highest BCUT2D eigenvalue weighted by atomic mass is 35.5. The molecule has 0 atom stereocenters. The van der Waals surface area contributed by atoms with E-state index in [1.165, 1.54) is 6.20 Å². The molecule has 0 aliphatic carbocycles. The van der Waals surface area contributed by atoms with Gasteiger partial charge in [-0.15, -0.1) is 0 Å². The fraction of sp³-hybridized carbons (Fsp3) is 0.353. The summed E-state index contributed by atoms with van der Waals surface area (Å²) in [6.07, 6.45) is 5.00. The number of hydroxylamine groups is 1. The van der Waals surface area contributed by atoms with Crippen LogP contribution in [0.5, 0.6) is 0 Å². The molecular weight excluding hydrogens is 346 g/mol. The van der Waals surface area contributed by atoms with Gasteiger partial charge in [-0.2, -0.15) is 0 Å². The number of carbonyl (C=O) groups excluding carboxylic acids is 2. The second-order valence-electron chi connectivity index (χ2n) is 5.50. The highest BCUT2D eigenvalue weighted by Crippen LogP contribution is 2.23. The third kappa shape index (κ3) is 6.21. The number of unbranched alkanes of at least 4 members (excludes halogenated alkanes) is 3. The second-order valence-corrected chi connectivity index (χ2v) is 5.93. The van der Waals surface area contributed by atoms with Crippen LogP contribution in [0, 0.1) is 0 Å². The molecule has 0 unspecified atom stereocenters. The zero-order chi connectivity index (χ0) is 18.1.